The lowest BCUT2D eigenvalue weighted by Crippen LogP contribution is -2.26. The van der Waals surface area contributed by atoms with Crippen molar-refractivity contribution in [2.24, 2.45) is 0 Å². The van der Waals surface area contributed by atoms with Crippen molar-refractivity contribution in [3.63, 3.8) is 0 Å². The van der Waals surface area contributed by atoms with Gasteiger partial charge in [-0.05, 0) is 31.0 Å². The molecule has 21 heavy (non-hydrogen) atoms. The number of ether oxygens (including phenoxy) is 1. The van der Waals surface area contributed by atoms with Crippen LogP contribution >= 0.6 is 11.8 Å². The Balaban J connectivity index is 2.06. The molecule has 0 unspecified atom stereocenters. The molecule has 1 rings (SSSR count). The average Bonchev–Trinajstić information content (AvgIpc) is 2.46. The maximum atomic E-state index is 12.7. The minimum atomic E-state index is -0.261. The van der Waals surface area contributed by atoms with Crippen molar-refractivity contribution in [1.82, 2.24) is 5.32 Å². The third-order valence-electron chi connectivity index (χ3n) is 2.60. The normalized spacial score (nSPS) is 10.2. The number of carbonyl (C=O) groups is 2. The molecular formula is C15H20FNO3S. The zero-order chi connectivity index (χ0) is 15.5. The lowest BCUT2D eigenvalue weighted by molar-refractivity contribution is -0.143. The molecule has 1 aromatic carbocycles. The third-order valence-corrected chi connectivity index (χ3v) is 3.60. The van der Waals surface area contributed by atoms with E-state index in [1.54, 1.807) is 19.1 Å². The summed E-state index contributed by atoms with van der Waals surface area (Å²) in [6.07, 6.45) is 0.893. The van der Waals surface area contributed by atoms with Crippen molar-refractivity contribution in [1.29, 1.82) is 0 Å². The molecule has 0 atom stereocenters. The van der Waals surface area contributed by atoms with Gasteiger partial charge in [0, 0.05) is 18.7 Å². The molecule has 0 aliphatic carbocycles. The number of amides is 1. The molecule has 6 heteroatoms. The summed E-state index contributed by atoms with van der Waals surface area (Å²) in [6.45, 7) is 2.61. The van der Waals surface area contributed by atoms with Crippen LogP contribution in [0, 0.1) is 5.82 Å². The monoisotopic (exact) mass is 313 g/mol. The Morgan fingerprint density at radius 2 is 2.00 bits per heavy atom. The molecule has 0 heterocycles. The van der Waals surface area contributed by atoms with Gasteiger partial charge in [0.05, 0.1) is 12.4 Å². The van der Waals surface area contributed by atoms with Crippen LogP contribution in [0.25, 0.3) is 0 Å². The standard InChI is InChI=1S/C15H20FNO3S/c1-2-20-15(19)4-3-9-17-14(18)11-21-10-12-5-7-13(16)8-6-12/h5-8H,2-4,9-11H2,1H3,(H,17,18). The molecule has 0 saturated heterocycles. The molecule has 0 aliphatic rings. The minimum absolute atomic E-state index is 0.0639. The molecule has 0 saturated carbocycles. The molecule has 0 aliphatic heterocycles. The summed E-state index contributed by atoms with van der Waals surface area (Å²) in [5, 5.41) is 2.75. The molecule has 1 N–H and O–H groups in total. The van der Waals surface area contributed by atoms with Crippen molar-refractivity contribution < 1.29 is 18.7 Å². The predicted octanol–water partition coefficient (Wildman–Crippen LogP) is 2.52. The average molecular weight is 313 g/mol. The Labute approximate surface area is 128 Å². The van der Waals surface area contributed by atoms with Crippen LogP contribution in [0.4, 0.5) is 4.39 Å². The molecule has 116 valence electrons. The largest absolute Gasteiger partial charge is 0.466 e. The van der Waals surface area contributed by atoms with Gasteiger partial charge < -0.3 is 10.1 Å². The van der Waals surface area contributed by atoms with Crippen molar-refractivity contribution in [3.05, 3.63) is 35.6 Å². The Hall–Kier alpha value is -1.56. The van der Waals surface area contributed by atoms with Crippen LogP contribution in [-0.2, 0) is 20.1 Å². The number of halogens is 1. The van der Waals surface area contributed by atoms with Crippen LogP contribution in [-0.4, -0.2) is 30.8 Å². The Morgan fingerprint density at radius 3 is 2.67 bits per heavy atom. The molecular weight excluding hydrogens is 293 g/mol. The topological polar surface area (TPSA) is 55.4 Å². The van der Waals surface area contributed by atoms with Gasteiger partial charge in [0.25, 0.3) is 0 Å². The molecule has 1 amide bonds. The smallest absolute Gasteiger partial charge is 0.305 e. The van der Waals surface area contributed by atoms with Gasteiger partial charge in [0.1, 0.15) is 5.82 Å². The van der Waals surface area contributed by atoms with Gasteiger partial charge >= 0.3 is 5.97 Å². The van der Waals surface area contributed by atoms with Gasteiger partial charge in [-0.1, -0.05) is 12.1 Å². The zero-order valence-corrected chi connectivity index (χ0v) is 12.9. The number of esters is 1. The zero-order valence-electron chi connectivity index (χ0n) is 12.1. The highest BCUT2D eigenvalue weighted by molar-refractivity contribution is 7.99. The van der Waals surface area contributed by atoms with Crippen LogP contribution < -0.4 is 5.32 Å². The van der Waals surface area contributed by atoms with Crippen LogP contribution in [0.1, 0.15) is 25.3 Å². The fraction of sp³-hybridized carbons (Fsp3) is 0.467. The van der Waals surface area contributed by atoms with Crippen molar-refractivity contribution in [3.8, 4) is 0 Å². The summed E-state index contributed by atoms with van der Waals surface area (Å²) in [5.74, 6) is 0.444. The number of hydrogen-bond donors (Lipinski definition) is 1. The van der Waals surface area contributed by atoms with E-state index in [1.165, 1.54) is 23.9 Å². The van der Waals surface area contributed by atoms with E-state index >= 15 is 0 Å². The Kier molecular flexibility index (Phi) is 8.50. The quantitative estimate of drug-likeness (QED) is 0.562. The Morgan fingerprint density at radius 1 is 1.29 bits per heavy atom. The second kappa shape index (κ2) is 10.2. The lowest BCUT2D eigenvalue weighted by atomic mass is 10.2. The number of benzene rings is 1. The van der Waals surface area contributed by atoms with Gasteiger partial charge in [-0.25, -0.2) is 4.39 Å². The number of carbonyl (C=O) groups excluding carboxylic acids is 2. The number of rotatable bonds is 9. The van der Waals surface area contributed by atoms with E-state index in [2.05, 4.69) is 5.32 Å². The van der Waals surface area contributed by atoms with Crippen LogP contribution in [0.3, 0.4) is 0 Å². The van der Waals surface area contributed by atoms with E-state index in [-0.39, 0.29) is 17.7 Å². The fourth-order valence-corrected chi connectivity index (χ4v) is 2.40. The lowest BCUT2D eigenvalue weighted by Gasteiger charge is -2.05. The first-order chi connectivity index (χ1) is 10.1. The SMILES string of the molecule is CCOC(=O)CCCNC(=O)CSCc1ccc(F)cc1. The van der Waals surface area contributed by atoms with Crippen LogP contribution in [0.5, 0.6) is 0 Å². The first-order valence-electron chi connectivity index (χ1n) is 6.86. The second-order valence-corrected chi connectivity index (χ2v) is 5.36. The van der Waals surface area contributed by atoms with Crippen molar-refractivity contribution in [2.75, 3.05) is 18.9 Å². The summed E-state index contributed by atoms with van der Waals surface area (Å²) in [7, 11) is 0. The van der Waals surface area contributed by atoms with Gasteiger partial charge in [-0.3, -0.25) is 9.59 Å². The molecule has 4 nitrogen and oxygen atoms in total. The first kappa shape index (κ1) is 17.5. The highest BCUT2D eigenvalue weighted by atomic mass is 32.2. The highest BCUT2D eigenvalue weighted by Gasteiger charge is 2.04. The van der Waals surface area contributed by atoms with Crippen molar-refractivity contribution >= 4 is 23.6 Å². The highest BCUT2D eigenvalue weighted by Crippen LogP contribution is 2.12. The van der Waals surface area contributed by atoms with E-state index in [0.717, 1.165) is 5.56 Å². The molecule has 0 bridgehead atoms. The van der Waals surface area contributed by atoms with E-state index in [0.29, 0.717) is 37.5 Å². The van der Waals surface area contributed by atoms with E-state index in [1.807, 2.05) is 0 Å². The van der Waals surface area contributed by atoms with E-state index in [4.69, 9.17) is 4.74 Å². The van der Waals surface area contributed by atoms with Gasteiger partial charge in [-0.2, -0.15) is 0 Å². The molecule has 0 aromatic heterocycles. The molecule has 0 fully saturated rings. The minimum Gasteiger partial charge on any atom is -0.466 e. The maximum absolute atomic E-state index is 12.7. The maximum Gasteiger partial charge on any atom is 0.305 e. The van der Waals surface area contributed by atoms with Crippen LogP contribution in [0.15, 0.2) is 24.3 Å². The first-order valence-corrected chi connectivity index (χ1v) is 8.01. The van der Waals surface area contributed by atoms with Crippen molar-refractivity contribution in [2.45, 2.75) is 25.5 Å². The molecule has 0 spiro atoms. The number of thioether (sulfide) groups is 1. The fourth-order valence-electron chi connectivity index (χ4n) is 1.59. The van der Waals surface area contributed by atoms with Gasteiger partial charge in [0.15, 0.2) is 0 Å². The Bertz CT molecular complexity index is 451. The summed E-state index contributed by atoms with van der Waals surface area (Å²) in [4.78, 5) is 22.6. The van der Waals surface area contributed by atoms with Crippen LogP contribution in [0.2, 0.25) is 0 Å². The van der Waals surface area contributed by atoms with E-state index < -0.39 is 0 Å². The van der Waals surface area contributed by atoms with Gasteiger partial charge in [-0.15, -0.1) is 11.8 Å². The summed E-state index contributed by atoms with van der Waals surface area (Å²) >= 11 is 1.47. The van der Waals surface area contributed by atoms with E-state index in [9.17, 15) is 14.0 Å². The summed E-state index contributed by atoms with van der Waals surface area (Å²) in [5.41, 5.74) is 0.983. The summed E-state index contributed by atoms with van der Waals surface area (Å²) < 4.78 is 17.5. The number of hydrogen-bond acceptors (Lipinski definition) is 4. The molecule has 0 radical (unpaired) electrons. The second-order valence-electron chi connectivity index (χ2n) is 4.38. The predicted molar refractivity (Wildman–Crippen MR) is 81.4 cm³/mol. The number of nitrogens with one attached hydrogen (secondary N) is 1. The summed E-state index contributed by atoms with van der Waals surface area (Å²) in [6, 6.07) is 6.23. The van der Waals surface area contributed by atoms with Gasteiger partial charge in [0.2, 0.25) is 5.91 Å². The third kappa shape index (κ3) is 8.34. The molecule has 1 aromatic rings.